The molecule has 0 saturated carbocycles. The summed E-state index contributed by atoms with van der Waals surface area (Å²) in [5, 5.41) is 0.485. The quantitative estimate of drug-likeness (QED) is 0.748. The molecule has 1 aromatic rings. The average molecular weight is 378 g/mol. The van der Waals surface area contributed by atoms with Crippen LogP contribution in [0, 0.1) is 0 Å². The molecule has 3 N–H and O–H groups in total. The zero-order valence-electron chi connectivity index (χ0n) is 9.53. The average Bonchev–Trinajstić information content (AvgIpc) is 2.24. The topological polar surface area (TPSA) is 72.2 Å². The summed E-state index contributed by atoms with van der Waals surface area (Å²) in [6.07, 6.45) is 1.52. The summed E-state index contributed by atoms with van der Waals surface area (Å²) >= 11 is 8.94. The number of benzene rings is 1. The first-order valence-electron chi connectivity index (χ1n) is 5.12. The normalized spacial score (nSPS) is 11.1. The van der Waals surface area contributed by atoms with Crippen LogP contribution in [0.1, 0.15) is 12.8 Å². The number of unbranched alkanes of at least 4 members (excludes halogenated alkanes) is 1. The Bertz CT molecular complexity index is 483. The molecule has 0 saturated heterocycles. The van der Waals surface area contributed by atoms with Crippen molar-refractivity contribution in [2.24, 2.45) is 5.73 Å². The molecule has 0 atom stereocenters. The predicted molar refractivity (Wildman–Crippen MR) is 79.9 cm³/mol. The van der Waals surface area contributed by atoms with Gasteiger partial charge in [-0.2, -0.15) is 0 Å². The minimum absolute atomic E-state index is 0. The largest absolute Gasteiger partial charge is 0.330 e. The second-order valence-electron chi connectivity index (χ2n) is 3.47. The van der Waals surface area contributed by atoms with Crippen LogP contribution in [0.2, 0.25) is 5.02 Å². The zero-order chi connectivity index (χ0) is 12.9. The monoisotopic (exact) mass is 376 g/mol. The Balaban J connectivity index is 0.00000289. The maximum absolute atomic E-state index is 11.9. The van der Waals surface area contributed by atoms with E-state index in [4.69, 9.17) is 17.3 Å². The van der Waals surface area contributed by atoms with Gasteiger partial charge in [-0.1, -0.05) is 11.6 Å². The van der Waals surface area contributed by atoms with Gasteiger partial charge >= 0.3 is 0 Å². The summed E-state index contributed by atoms with van der Waals surface area (Å²) in [5.41, 5.74) is 5.33. The van der Waals surface area contributed by atoms with E-state index >= 15 is 0 Å². The summed E-state index contributed by atoms with van der Waals surface area (Å²) in [6, 6.07) is 4.56. The van der Waals surface area contributed by atoms with Crippen LogP contribution < -0.4 is 10.5 Å². The highest BCUT2D eigenvalue weighted by atomic mass is 79.9. The predicted octanol–water partition coefficient (Wildman–Crippen LogP) is 2.54. The lowest BCUT2D eigenvalue weighted by atomic mass is 10.3. The van der Waals surface area contributed by atoms with Crippen molar-refractivity contribution in [2.75, 3.05) is 13.1 Å². The molecule has 0 radical (unpaired) electrons. The van der Waals surface area contributed by atoms with Crippen LogP contribution in [0.5, 0.6) is 0 Å². The second-order valence-corrected chi connectivity index (χ2v) is 6.49. The van der Waals surface area contributed by atoms with E-state index in [0.29, 0.717) is 22.6 Å². The number of rotatable bonds is 6. The van der Waals surface area contributed by atoms with Gasteiger partial charge in [0.15, 0.2) is 0 Å². The molecule has 0 heterocycles. The third-order valence-corrected chi connectivity index (χ3v) is 4.78. The van der Waals surface area contributed by atoms with Crippen LogP contribution in [0.15, 0.2) is 27.6 Å². The van der Waals surface area contributed by atoms with Gasteiger partial charge in [-0.05, 0) is 53.5 Å². The molecular weight excluding hydrogens is 363 g/mol. The van der Waals surface area contributed by atoms with Gasteiger partial charge in [0, 0.05) is 16.0 Å². The van der Waals surface area contributed by atoms with E-state index in [0.717, 1.165) is 12.8 Å². The van der Waals surface area contributed by atoms with E-state index in [9.17, 15) is 8.42 Å². The van der Waals surface area contributed by atoms with Crippen LogP contribution in [0.4, 0.5) is 0 Å². The molecule has 8 heteroatoms. The highest BCUT2D eigenvalue weighted by Gasteiger charge is 2.16. The van der Waals surface area contributed by atoms with Gasteiger partial charge in [0.25, 0.3) is 0 Å². The Kier molecular flexibility index (Phi) is 8.42. The van der Waals surface area contributed by atoms with Crippen molar-refractivity contribution in [1.29, 1.82) is 0 Å². The van der Waals surface area contributed by atoms with Crippen molar-refractivity contribution in [2.45, 2.75) is 17.7 Å². The second kappa shape index (κ2) is 8.35. The van der Waals surface area contributed by atoms with Crippen molar-refractivity contribution >= 4 is 50.0 Å². The third-order valence-electron chi connectivity index (χ3n) is 2.11. The lowest BCUT2D eigenvalue weighted by Gasteiger charge is -2.08. The summed E-state index contributed by atoms with van der Waals surface area (Å²) in [5.74, 6) is 0. The standard InChI is InChI=1S/C10H14BrClN2O2S.ClH/c11-9-7-8(12)3-4-10(9)17(15,16)14-6-2-1-5-13;/h3-4,7,14H,1-2,5-6,13H2;1H. The summed E-state index contributed by atoms with van der Waals surface area (Å²) < 4.78 is 26.8. The molecule has 0 unspecified atom stereocenters. The fourth-order valence-electron chi connectivity index (χ4n) is 1.25. The minimum atomic E-state index is -3.48. The molecule has 4 nitrogen and oxygen atoms in total. The fourth-order valence-corrected chi connectivity index (χ4v) is 3.70. The van der Waals surface area contributed by atoms with Gasteiger partial charge in [0.2, 0.25) is 10.0 Å². The summed E-state index contributed by atoms with van der Waals surface area (Å²) in [6.45, 7) is 0.945. The minimum Gasteiger partial charge on any atom is -0.330 e. The SMILES string of the molecule is Cl.NCCCCNS(=O)(=O)c1ccc(Cl)cc1Br. The lowest BCUT2D eigenvalue weighted by molar-refractivity contribution is 0.576. The van der Waals surface area contributed by atoms with Crippen LogP contribution >= 0.6 is 39.9 Å². The highest BCUT2D eigenvalue weighted by molar-refractivity contribution is 9.10. The highest BCUT2D eigenvalue weighted by Crippen LogP contribution is 2.25. The lowest BCUT2D eigenvalue weighted by Crippen LogP contribution is -2.25. The molecule has 1 rings (SSSR count). The molecule has 104 valence electrons. The molecule has 18 heavy (non-hydrogen) atoms. The molecule has 0 aliphatic heterocycles. The van der Waals surface area contributed by atoms with Gasteiger partial charge in [-0.25, -0.2) is 13.1 Å². The van der Waals surface area contributed by atoms with Crippen molar-refractivity contribution in [3.8, 4) is 0 Å². The molecule has 0 bridgehead atoms. The van der Waals surface area contributed by atoms with Gasteiger partial charge in [0.05, 0.1) is 4.90 Å². The number of nitrogens with one attached hydrogen (secondary N) is 1. The van der Waals surface area contributed by atoms with Crippen molar-refractivity contribution in [1.82, 2.24) is 4.72 Å². The van der Waals surface area contributed by atoms with Crippen LogP contribution in [-0.2, 0) is 10.0 Å². The van der Waals surface area contributed by atoms with E-state index < -0.39 is 10.0 Å². The van der Waals surface area contributed by atoms with Crippen molar-refractivity contribution in [3.63, 3.8) is 0 Å². The van der Waals surface area contributed by atoms with Gasteiger partial charge in [-0.3, -0.25) is 0 Å². The first-order valence-corrected chi connectivity index (χ1v) is 7.77. The molecule has 0 aromatic heterocycles. The van der Waals surface area contributed by atoms with Gasteiger partial charge < -0.3 is 5.73 Å². The van der Waals surface area contributed by atoms with E-state index in [-0.39, 0.29) is 17.3 Å². The Morgan fingerprint density at radius 1 is 1.33 bits per heavy atom. The Hall–Kier alpha value is 0.150. The molecule has 0 aliphatic rings. The molecule has 1 aromatic carbocycles. The van der Waals surface area contributed by atoms with E-state index in [1.54, 1.807) is 12.1 Å². The number of hydrogen-bond acceptors (Lipinski definition) is 3. The molecule has 0 fully saturated rings. The molecule has 0 spiro atoms. The first-order chi connectivity index (χ1) is 7.97. The molecular formula is C10H15BrCl2N2O2S. The van der Waals surface area contributed by atoms with E-state index in [2.05, 4.69) is 20.7 Å². The van der Waals surface area contributed by atoms with Gasteiger partial charge in [-0.15, -0.1) is 12.4 Å². The van der Waals surface area contributed by atoms with E-state index in [1.165, 1.54) is 6.07 Å². The van der Waals surface area contributed by atoms with Crippen LogP contribution in [-0.4, -0.2) is 21.5 Å². The zero-order valence-corrected chi connectivity index (χ0v) is 13.5. The van der Waals surface area contributed by atoms with Crippen molar-refractivity contribution in [3.05, 3.63) is 27.7 Å². The fraction of sp³-hybridized carbons (Fsp3) is 0.400. The van der Waals surface area contributed by atoms with Crippen LogP contribution in [0.25, 0.3) is 0 Å². The Labute approximate surface area is 127 Å². The Morgan fingerprint density at radius 3 is 2.56 bits per heavy atom. The molecule has 0 amide bonds. The van der Waals surface area contributed by atoms with E-state index in [1.807, 2.05) is 0 Å². The number of nitrogens with two attached hydrogens (primary N) is 1. The number of hydrogen-bond donors (Lipinski definition) is 2. The van der Waals surface area contributed by atoms with Crippen molar-refractivity contribution < 1.29 is 8.42 Å². The molecule has 0 aliphatic carbocycles. The van der Waals surface area contributed by atoms with Crippen LogP contribution in [0.3, 0.4) is 0 Å². The maximum atomic E-state index is 11.9. The third kappa shape index (κ3) is 5.42. The number of halogens is 3. The maximum Gasteiger partial charge on any atom is 0.241 e. The smallest absolute Gasteiger partial charge is 0.241 e. The summed E-state index contributed by atoms with van der Waals surface area (Å²) in [7, 11) is -3.48. The number of sulfonamides is 1. The Morgan fingerprint density at radius 2 is 2.00 bits per heavy atom. The first kappa shape index (κ1) is 18.1. The van der Waals surface area contributed by atoms with Gasteiger partial charge in [0.1, 0.15) is 0 Å². The summed E-state index contributed by atoms with van der Waals surface area (Å²) in [4.78, 5) is 0.189.